The number of ether oxygens (including phenoxy) is 3. The smallest absolute Gasteiger partial charge is 0.414 e. The average molecular weight is 429 g/mol. The van der Waals surface area contributed by atoms with Gasteiger partial charge in [0, 0.05) is 6.54 Å². The molecule has 0 saturated carbocycles. The summed E-state index contributed by atoms with van der Waals surface area (Å²) in [4.78, 5) is 18.2. The first kappa shape index (κ1) is 25.3. The molecule has 31 heavy (non-hydrogen) atoms. The van der Waals surface area contributed by atoms with Gasteiger partial charge in [0.25, 0.3) is 0 Å². The number of carbonyl (C=O) groups is 2. The van der Waals surface area contributed by atoms with E-state index in [2.05, 4.69) is 23.4 Å². The third kappa shape index (κ3) is 10.1. The van der Waals surface area contributed by atoms with Gasteiger partial charge in [0.1, 0.15) is 12.4 Å². The van der Waals surface area contributed by atoms with E-state index in [1.807, 2.05) is 37.3 Å². The van der Waals surface area contributed by atoms with Crippen molar-refractivity contribution in [2.75, 3.05) is 26.9 Å². The van der Waals surface area contributed by atoms with Gasteiger partial charge in [-0.05, 0) is 55.3 Å². The van der Waals surface area contributed by atoms with Crippen molar-refractivity contribution < 1.29 is 34.0 Å². The fourth-order valence-corrected chi connectivity index (χ4v) is 2.43. The second-order valence-electron chi connectivity index (χ2n) is 6.09. The number of aliphatic carboxylic acids is 2. The molecule has 0 bridgehead atoms. The van der Waals surface area contributed by atoms with Crippen LogP contribution in [0.25, 0.3) is 0 Å². The molecule has 0 amide bonds. The number of carboxylic acids is 2. The van der Waals surface area contributed by atoms with Crippen LogP contribution in [0.1, 0.15) is 18.1 Å². The molecule has 3 N–H and O–H groups in total. The Labute approximate surface area is 181 Å². The van der Waals surface area contributed by atoms with Crippen LogP contribution in [0.15, 0.2) is 42.5 Å². The first-order valence-electron chi connectivity index (χ1n) is 9.53. The van der Waals surface area contributed by atoms with Gasteiger partial charge in [0.15, 0.2) is 11.5 Å². The van der Waals surface area contributed by atoms with Crippen LogP contribution in [0.4, 0.5) is 0 Å². The number of methoxy groups -OCH3 is 1. The summed E-state index contributed by atoms with van der Waals surface area (Å²) in [5, 5.41) is 18.2. The molecule has 0 radical (unpaired) electrons. The lowest BCUT2D eigenvalue weighted by Crippen LogP contribution is -2.16. The SMILES string of the molecule is C#CCOc1ccc(CNCCc2ccc(OC)cc2)cc1OCC.O=C(O)C(=O)O. The van der Waals surface area contributed by atoms with E-state index in [0.717, 1.165) is 36.6 Å². The van der Waals surface area contributed by atoms with Crippen molar-refractivity contribution in [1.82, 2.24) is 5.32 Å². The van der Waals surface area contributed by atoms with E-state index >= 15 is 0 Å². The maximum absolute atomic E-state index is 9.10. The molecule has 2 rings (SSSR count). The minimum Gasteiger partial charge on any atom is -0.497 e. The zero-order valence-electron chi connectivity index (χ0n) is 17.6. The minimum absolute atomic E-state index is 0.236. The van der Waals surface area contributed by atoms with E-state index in [-0.39, 0.29) is 6.61 Å². The summed E-state index contributed by atoms with van der Waals surface area (Å²) in [5.41, 5.74) is 2.42. The third-order valence-corrected chi connectivity index (χ3v) is 3.88. The number of hydrogen-bond donors (Lipinski definition) is 3. The maximum Gasteiger partial charge on any atom is 0.414 e. The Morgan fingerprint density at radius 3 is 2.19 bits per heavy atom. The number of nitrogens with one attached hydrogen (secondary N) is 1. The Hall–Kier alpha value is -3.70. The van der Waals surface area contributed by atoms with Crippen molar-refractivity contribution >= 4 is 11.9 Å². The summed E-state index contributed by atoms with van der Waals surface area (Å²) in [7, 11) is 1.68. The van der Waals surface area contributed by atoms with E-state index in [1.54, 1.807) is 7.11 Å². The highest BCUT2D eigenvalue weighted by Gasteiger charge is 2.06. The molecule has 2 aromatic rings. The molecule has 0 aliphatic rings. The lowest BCUT2D eigenvalue weighted by molar-refractivity contribution is -0.159. The number of hydrogen-bond acceptors (Lipinski definition) is 6. The second-order valence-corrected chi connectivity index (χ2v) is 6.09. The van der Waals surface area contributed by atoms with Crippen molar-refractivity contribution in [2.45, 2.75) is 19.9 Å². The zero-order chi connectivity index (χ0) is 23.1. The Balaban J connectivity index is 0.000000703. The summed E-state index contributed by atoms with van der Waals surface area (Å²) in [6, 6.07) is 14.1. The van der Waals surface area contributed by atoms with E-state index in [4.69, 9.17) is 40.4 Å². The van der Waals surface area contributed by atoms with Gasteiger partial charge in [-0.25, -0.2) is 9.59 Å². The highest BCUT2D eigenvalue weighted by molar-refractivity contribution is 6.27. The van der Waals surface area contributed by atoms with E-state index in [0.29, 0.717) is 12.4 Å². The number of carboxylic acid groups (broad SMARTS) is 2. The number of rotatable bonds is 10. The molecule has 0 saturated heterocycles. The van der Waals surface area contributed by atoms with Gasteiger partial charge < -0.3 is 29.7 Å². The van der Waals surface area contributed by atoms with Gasteiger partial charge >= 0.3 is 11.9 Å². The van der Waals surface area contributed by atoms with Crippen molar-refractivity contribution in [1.29, 1.82) is 0 Å². The van der Waals surface area contributed by atoms with Crippen LogP contribution in [-0.2, 0) is 22.6 Å². The van der Waals surface area contributed by atoms with Crippen LogP contribution >= 0.6 is 0 Å². The summed E-state index contributed by atoms with van der Waals surface area (Å²) in [6.45, 7) is 4.43. The van der Waals surface area contributed by atoms with Crippen molar-refractivity contribution in [3.8, 4) is 29.6 Å². The van der Waals surface area contributed by atoms with Crippen LogP contribution in [0, 0.1) is 12.3 Å². The molecule has 2 aromatic carbocycles. The first-order valence-corrected chi connectivity index (χ1v) is 9.53. The maximum atomic E-state index is 9.10. The zero-order valence-corrected chi connectivity index (χ0v) is 17.6. The summed E-state index contributed by atoms with van der Waals surface area (Å²) in [6.07, 6.45) is 6.21. The van der Waals surface area contributed by atoms with Crippen molar-refractivity contribution in [2.24, 2.45) is 0 Å². The summed E-state index contributed by atoms with van der Waals surface area (Å²) >= 11 is 0. The van der Waals surface area contributed by atoms with Crippen molar-refractivity contribution in [3.63, 3.8) is 0 Å². The van der Waals surface area contributed by atoms with Gasteiger partial charge in [-0.1, -0.05) is 24.1 Å². The summed E-state index contributed by atoms with van der Waals surface area (Å²) in [5.74, 6) is 1.11. The molecule has 0 atom stereocenters. The lowest BCUT2D eigenvalue weighted by Gasteiger charge is -2.12. The van der Waals surface area contributed by atoms with Crippen LogP contribution in [0.2, 0.25) is 0 Å². The molecule has 0 fully saturated rings. The highest BCUT2D eigenvalue weighted by Crippen LogP contribution is 2.28. The molecule has 0 aromatic heterocycles. The quantitative estimate of drug-likeness (QED) is 0.300. The van der Waals surface area contributed by atoms with Gasteiger partial charge in [0.2, 0.25) is 0 Å². The van der Waals surface area contributed by atoms with E-state index in [9.17, 15) is 0 Å². The minimum atomic E-state index is -1.82. The standard InChI is InChI=1S/C21H25NO3.C2H2O4/c1-4-14-25-20-11-8-18(15-21(20)24-5-2)16-22-13-12-17-6-9-19(23-3)10-7-17;3-1(4)2(5)6/h1,6-11,15,22H,5,12-14,16H2,2-3H3;(H,3,4)(H,5,6). The predicted molar refractivity (Wildman–Crippen MR) is 116 cm³/mol. The molecule has 0 heterocycles. The molecular weight excluding hydrogens is 402 g/mol. The normalized spacial score (nSPS) is 9.58. The molecule has 0 aliphatic heterocycles. The van der Waals surface area contributed by atoms with Crippen LogP contribution in [-0.4, -0.2) is 49.0 Å². The topological polar surface area (TPSA) is 114 Å². The third-order valence-electron chi connectivity index (χ3n) is 3.88. The Bertz CT molecular complexity index is 860. The molecular formula is C23H27NO7. The average Bonchev–Trinajstić information content (AvgIpc) is 2.77. The molecule has 0 unspecified atom stereocenters. The Kier molecular flexibility index (Phi) is 11.7. The Morgan fingerprint density at radius 1 is 1.00 bits per heavy atom. The molecule has 166 valence electrons. The van der Waals surface area contributed by atoms with E-state index < -0.39 is 11.9 Å². The Morgan fingerprint density at radius 2 is 1.65 bits per heavy atom. The molecule has 8 nitrogen and oxygen atoms in total. The van der Waals surface area contributed by atoms with Gasteiger partial charge in [-0.3, -0.25) is 0 Å². The van der Waals surface area contributed by atoms with E-state index in [1.165, 1.54) is 5.56 Å². The monoisotopic (exact) mass is 429 g/mol. The number of benzene rings is 2. The predicted octanol–water partition coefficient (Wildman–Crippen LogP) is 2.59. The van der Waals surface area contributed by atoms with Crippen LogP contribution < -0.4 is 19.5 Å². The number of terminal acetylenes is 1. The summed E-state index contributed by atoms with van der Waals surface area (Å²) < 4.78 is 16.3. The fourth-order valence-electron chi connectivity index (χ4n) is 2.43. The van der Waals surface area contributed by atoms with Crippen LogP contribution in [0.5, 0.6) is 17.2 Å². The molecule has 8 heteroatoms. The van der Waals surface area contributed by atoms with Gasteiger partial charge in [-0.15, -0.1) is 6.42 Å². The fraction of sp³-hybridized carbons (Fsp3) is 0.304. The molecule has 0 aliphatic carbocycles. The highest BCUT2D eigenvalue weighted by atomic mass is 16.5. The largest absolute Gasteiger partial charge is 0.497 e. The molecule has 0 spiro atoms. The van der Waals surface area contributed by atoms with Crippen molar-refractivity contribution in [3.05, 3.63) is 53.6 Å². The lowest BCUT2D eigenvalue weighted by atomic mass is 10.1. The first-order chi connectivity index (χ1) is 14.9. The second kappa shape index (κ2) is 14.3. The van der Waals surface area contributed by atoms with Gasteiger partial charge in [0.05, 0.1) is 13.7 Å². The van der Waals surface area contributed by atoms with Crippen LogP contribution in [0.3, 0.4) is 0 Å². The van der Waals surface area contributed by atoms with Gasteiger partial charge in [-0.2, -0.15) is 0 Å².